The molecule has 0 bridgehead atoms. The maximum Gasteiger partial charge on any atom is 0.337 e. The Bertz CT molecular complexity index is 767. The Morgan fingerprint density at radius 2 is 2.15 bits per heavy atom. The molecule has 0 spiro atoms. The van der Waals surface area contributed by atoms with Gasteiger partial charge in [-0.05, 0) is 30.7 Å². The number of benzene rings is 1. The zero-order chi connectivity index (χ0) is 14.1. The van der Waals surface area contributed by atoms with Crippen LogP contribution in [0.4, 0.5) is 0 Å². The molecule has 0 fully saturated rings. The van der Waals surface area contributed by atoms with Gasteiger partial charge in [0, 0.05) is 12.4 Å². The van der Waals surface area contributed by atoms with Crippen molar-refractivity contribution >= 4 is 17.0 Å². The summed E-state index contributed by atoms with van der Waals surface area (Å²) in [4.78, 5) is 15.4. The lowest BCUT2D eigenvalue weighted by atomic mass is 10.1. The van der Waals surface area contributed by atoms with Crippen LogP contribution in [0.3, 0.4) is 0 Å². The molecule has 6 heteroatoms. The third-order valence-corrected chi connectivity index (χ3v) is 3.26. The molecule has 1 N–H and O–H groups in total. The van der Waals surface area contributed by atoms with E-state index >= 15 is 0 Å². The number of carboxylic acids is 1. The second-order valence-corrected chi connectivity index (χ2v) is 4.47. The molecule has 2 aromatic heterocycles. The van der Waals surface area contributed by atoms with Crippen LogP contribution in [0.1, 0.15) is 28.9 Å². The Morgan fingerprint density at radius 1 is 1.30 bits per heavy atom. The van der Waals surface area contributed by atoms with Crippen LogP contribution in [0.5, 0.6) is 0 Å². The Morgan fingerprint density at radius 3 is 2.85 bits per heavy atom. The molecular formula is C14H12N4O2. The highest BCUT2D eigenvalue weighted by atomic mass is 16.4. The first-order chi connectivity index (χ1) is 9.68. The zero-order valence-electron chi connectivity index (χ0n) is 10.8. The number of hydrogen-bond donors (Lipinski definition) is 1. The SMILES string of the molecule is CC(c1cccnc1)n1nnc2cccc(C(=O)O)c21. The number of hydrogen-bond acceptors (Lipinski definition) is 4. The highest BCUT2D eigenvalue weighted by Crippen LogP contribution is 2.23. The van der Waals surface area contributed by atoms with E-state index in [4.69, 9.17) is 0 Å². The van der Waals surface area contributed by atoms with Crippen molar-refractivity contribution in [2.24, 2.45) is 0 Å². The van der Waals surface area contributed by atoms with E-state index in [0.717, 1.165) is 5.56 Å². The molecule has 1 aromatic carbocycles. The molecular weight excluding hydrogens is 256 g/mol. The van der Waals surface area contributed by atoms with Crippen LogP contribution in [0.15, 0.2) is 42.7 Å². The molecule has 100 valence electrons. The quantitative estimate of drug-likeness (QED) is 0.787. The summed E-state index contributed by atoms with van der Waals surface area (Å²) < 4.78 is 1.62. The largest absolute Gasteiger partial charge is 0.478 e. The number of carbonyl (C=O) groups is 1. The van der Waals surface area contributed by atoms with Crippen molar-refractivity contribution in [2.75, 3.05) is 0 Å². The van der Waals surface area contributed by atoms with E-state index in [2.05, 4.69) is 15.3 Å². The van der Waals surface area contributed by atoms with Gasteiger partial charge in [-0.15, -0.1) is 5.10 Å². The average molecular weight is 268 g/mol. The number of pyridine rings is 1. The number of aromatic carboxylic acids is 1. The van der Waals surface area contributed by atoms with Gasteiger partial charge in [-0.25, -0.2) is 9.48 Å². The van der Waals surface area contributed by atoms with Crippen LogP contribution in [-0.2, 0) is 0 Å². The average Bonchev–Trinajstić information content (AvgIpc) is 2.91. The van der Waals surface area contributed by atoms with Crippen LogP contribution in [0.2, 0.25) is 0 Å². The third-order valence-electron chi connectivity index (χ3n) is 3.26. The number of aromatic nitrogens is 4. The van der Waals surface area contributed by atoms with Crippen molar-refractivity contribution in [3.05, 3.63) is 53.9 Å². The number of carboxylic acid groups (broad SMARTS) is 1. The fourth-order valence-corrected chi connectivity index (χ4v) is 2.20. The summed E-state index contributed by atoms with van der Waals surface area (Å²) in [6, 6.07) is 8.59. The van der Waals surface area contributed by atoms with E-state index in [9.17, 15) is 9.90 Å². The highest BCUT2D eigenvalue weighted by Gasteiger charge is 2.18. The lowest BCUT2D eigenvalue weighted by Crippen LogP contribution is -2.11. The maximum absolute atomic E-state index is 11.3. The molecule has 0 aliphatic carbocycles. The van der Waals surface area contributed by atoms with Gasteiger partial charge >= 0.3 is 5.97 Å². The molecule has 0 amide bonds. The minimum atomic E-state index is -0.988. The van der Waals surface area contributed by atoms with Crippen molar-refractivity contribution in [3.63, 3.8) is 0 Å². The monoisotopic (exact) mass is 268 g/mol. The van der Waals surface area contributed by atoms with Crippen LogP contribution in [0, 0.1) is 0 Å². The predicted molar refractivity (Wildman–Crippen MR) is 72.5 cm³/mol. The van der Waals surface area contributed by atoms with Crippen LogP contribution >= 0.6 is 0 Å². The summed E-state index contributed by atoms with van der Waals surface area (Å²) >= 11 is 0. The molecule has 3 rings (SSSR count). The Balaban J connectivity index is 2.20. The third kappa shape index (κ3) is 1.91. The van der Waals surface area contributed by atoms with Gasteiger partial charge in [0.25, 0.3) is 0 Å². The Kier molecular flexibility index (Phi) is 2.90. The molecule has 1 unspecified atom stereocenters. The van der Waals surface area contributed by atoms with Crippen LogP contribution in [0.25, 0.3) is 11.0 Å². The highest BCUT2D eigenvalue weighted by molar-refractivity contribution is 6.00. The molecule has 0 saturated carbocycles. The summed E-state index contributed by atoms with van der Waals surface area (Å²) in [5.74, 6) is -0.988. The fraction of sp³-hybridized carbons (Fsp3) is 0.143. The van der Waals surface area contributed by atoms with Crippen molar-refractivity contribution in [1.29, 1.82) is 0 Å². The maximum atomic E-state index is 11.3. The van der Waals surface area contributed by atoms with Gasteiger partial charge in [0.05, 0.1) is 11.6 Å². The molecule has 20 heavy (non-hydrogen) atoms. The number of nitrogens with zero attached hydrogens (tertiary/aromatic N) is 4. The smallest absolute Gasteiger partial charge is 0.337 e. The lowest BCUT2D eigenvalue weighted by molar-refractivity contribution is 0.0698. The molecule has 0 saturated heterocycles. The summed E-state index contributed by atoms with van der Waals surface area (Å²) in [7, 11) is 0. The molecule has 2 heterocycles. The molecule has 1 atom stereocenters. The summed E-state index contributed by atoms with van der Waals surface area (Å²) in [5, 5.41) is 17.4. The van der Waals surface area contributed by atoms with Gasteiger partial charge in [0.15, 0.2) is 0 Å². The molecule has 6 nitrogen and oxygen atoms in total. The molecule has 3 aromatic rings. The summed E-state index contributed by atoms with van der Waals surface area (Å²) in [5.41, 5.74) is 2.24. The molecule has 0 aliphatic heterocycles. The summed E-state index contributed by atoms with van der Waals surface area (Å²) in [6.45, 7) is 1.93. The Labute approximate surface area is 114 Å². The van der Waals surface area contributed by atoms with Crippen LogP contribution in [-0.4, -0.2) is 31.1 Å². The van der Waals surface area contributed by atoms with Crippen LogP contribution < -0.4 is 0 Å². The predicted octanol–water partition coefficient (Wildman–Crippen LogP) is 2.13. The van der Waals surface area contributed by atoms with E-state index in [0.29, 0.717) is 11.0 Å². The van der Waals surface area contributed by atoms with E-state index in [1.165, 1.54) is 0 Å². The van der Waals surface area contributed by atoms with Crippen molar-refractivity contribution in [2.45, 2.75) is 13.0 Å². The standard InChI is InChI=1S/C14H12N4O2/c1-9(10-4-3-7-15-8-10)18-13-11(14(19)20)5-2-6-12(13)16-17-18/h2-9H,1H3,(H,19,20). The molecule has 0 radical (unpaired) electrons. The first-order valence-electron chi connectivity index (χ1n) is 6.15. The number of fused-ring (bicyclic) bond motifs is 1. The van der Waals surface area contributed by atoms with E-state index in [1.807, 2.05) is 19.1 Å². The molecule has 0 aliphatic rings. The minimum Gasteiger partial charge on any atom is -0.478 e. The van der Waals surface area contributed by atoms with Gasteiger partial charge < -0.3 is 5.11 Å². The number of para-hydroxylation sites is 1. The van der Waals surface area contributed by atoms with Crippen molar-refractivity contribution in [1.82, 2.24) is 20.0 Å². The van der Waals surface area contributed by atoms with Gasteiger partial charge in [-0.3, -0.25) is 4.98 Å². The summed E-state index contributed by atoms with van der Waals surface area (Å²) in [6.07, 6.45) is 3.43. The van der Waals surface area contributed by atoms with E-state index < -0.39 is 5.97 Å². The fourth-order valence-electron chi connectivity index (χ4n) is 2.20. The Hall–Kier alpha value is -2.76. The van der Waals surface area contributed by atoms with Gasteiger partial charge in [-0.2, -0.15) is 0 Å². The van der Waals surface area contributed by atoms with E-state index in [-0.39, 0.29) is 11.6 Å². The number of rotatable bonds is 3. The zero-order valence-corrected chi connectivity index (χ0v) is 10.8. The first kappa shape index (κ1) is 12.3. The second kappa shape index (κ2) is 4.73. The van der Waals surface area contributed by atoms with Crippen molar-refractivity contribution < 1.29 is 9.90 Å². The second-order valence-electron chi connectivity index (χ2n) is 4.47. The normalized spacial score (nSPS) is 12.4. The topological polar surface area (TPSA) is 80.9 Å². The lowest BCUT2D eigenvalue weighted by Gasteiger charge is -2.13. The van der Waals surface area contributed by atoms with Gasteiger partial charge in [-0.1, -0.05) is 17.3 Å². The minimum absolute atomic E-state index is 0.144. The van der Waals surface area contributed by atoms with E-state index in [1.54, 1.807) is 35.3 Å². The van der Waals surface area contributed by atoms with Gasteiger partial charge in [0.1, 0.15) is 11.0 Å². The van der Waals surface area contributed by atoms with Gasteiger partial charge in [0.2, 0.25) is 0 Å². The van der Waals surface area contributed by atoms with Crippen molar-refractivity contribution in [3.8, 4) is 0 Å². The first-order valence-corrected chi connectivity index (χ1v) is 6.15.